The van der Waals surface area contributed by atoms with Crippen molar-refractivity contribution in [2.24, 2.45) is 11.7 Å². The van der Waals surface area contributed by atoms with Crippen LogP contribution in [0.15, 0.2) is 59.5 Å². The van der Waals surface area contributed by atoms with Crippen LogP contribution in [0.25, 0.3) is 10.8 Å². The molecule has 1 saturated heterocycles. The number of sulfonamides is 1. The van der Waals surface area contributed by atoms with E-state index in [2.05, 4.69) is 12.1 Å². The molecule has 1 heterocycles. The first kappa shape index (κ1) is 23.3. The van der Waals surface area contributed by atoms with E-state index < -0.39 is 10.0 Å². The molecule has 5 rings (SSSR count). The van der Waals surface area contributed by atoms with Crippen molar-refractivity contribution in [2.75, 3.05) is 26.2 Å². The molecule has 1 amide bonds. The Morgan fingerprint density at radius 1 is 0.941 bits per heavy atom. The van der Waals surface area contributed by atoms with Gasteiger partial charge < -0.3 is 10.6 Å². The maximum atomic E-state index is 13.3. The Morgan fingerprint density at radius 2 is 1.68 bits per heavy atom. The summed E-state index contributed by atoms with van der Waals surface area (Å²) >= 11 is 6.04. The smallest absolute Gasteiger partial charge is 0.243 e. The second-order valence-corrected chi connectivity index (χ2v) is 11.5. The number of rotatable bonds is 4. The van der Waals surface area contributed by atoms with E-state index in [0.717, 1.165) is 35.6 Å². The lowest BCUT2D eigenvalue weighted by atomic mass is 9.82. The summed E-state index contributed by atoms with van der Waals surface area (Å²) in [5, 5.41) is 2.34. The number of nitrogens with zero attached hydrogens (tertiary/aromatic N) is 2. The number of nitrogens with two attached hydrogens (primary N) is 1. The van der Waals surface area contributed by atoms with Gasteiger partial charge in [0.1, 0.15) is 0 Å². The van der Waals surface area contributed by atoms with Crippen LogP contribution < -0.4 is 5.73 Å². The molecule has 3 aromatic rings. The van der Waals surface area contributed by atoms with Gasteiger partial charge in [0.15, 0.2) is 0 Å². The van der Waals surface area contributed by atoms with Gasteiger partial charge in [-0.05, 0) is 71.0 Å². The molecular weight excluding hydrogens is 470 g/mol. The number of amides is 1. The summed E-state index contributed by atoms with van der Waals surface area (Å²) < 4.78 is 28.0. The van der Waals surface area contributed by atoms with E-state index in [1.165, 1.54) is 15.4 Å². The normalized spacial score (nSPS) is 19.2. The number of carbonyl (C=O) groups excluding carboxylic acids is 1. The van der Waals surface area contributed by atoms with Gasteiger partial charge in [0.05, 0.1) is 4.90 Å². The molecule has 8 heteroatoms. The molecule has 3 aromatic carbocycles. The standard InChI is InChI=1S/C26H28ClN3O3S/c27-24-7-5-22-16-25(8-6-21(22)15-24)34(32,33)30-11-9-29(10-12-30)26(31)23-4-3-19-13-18(17-28)1-2-20(19)14-23/h1-2,5-8,13,15-16,23H,3-4,9-12,14,17,28H2/t23-/m0/s1. The van der Waals surface area contributed by atoms with E-state index in [4.69, 9.17) is 17.3 Å². The molecule has 2 aliphatic rings. The molecule has 0 aromatic heterocycles. The van der Waals surface area contributed by atoms with Crippen LogP contribution >= 0.6 is 11.6 Å². The zero-order chi connectivity index (χ0) is 23.9. The fourth-order valence-electron chi connectivity index (χ4n) is 5.06. The first-order valence-corrected chi connectivity index (χ1v) is 13.5. The summed E-state index contributed by atoms with van der Waals surface area (Å²) in [5.41, 5.74) is 9.39. The highest BCUT2D eigenvalue weighted by Gasteiger charge is 2.34. The highest BCUT2D eigenvalue weighted by molar-refractivity contribution is 7.89. The molecule has 1 atom stereocenters. The van der Waals surface area contributed by atoms with Crippen molar-refractivity contribution < 1.29 is 13.2 Å². The predicted octanol–water partition coefficient (Wildman–Crippen LogP) is 3.59. The molecule has 2 N–H and O–H groups in total. The molecule has 1 aliphatic heterocycles. The van der Waals surface area contributed by atoms with Crippen LogP contribution in [0, 0.1) is 5.92 Å². The molecule has 0 unspecified atom stereocenters. The zero-order valence-corrected chi connectivity index (χ0v) is 20.5. The molecule has 6 nitrogen and oxygen atoms in total. The van der Waals surface area contributed by atoms with E-state index in [9.17, 15) is 13.2 Å². The third kappa shape index (κ3) is 4.45. The van der Waals surface area contributed by atoms with E-state index >= 15 is 0 Å². The zero-order valence-electron chi connectivity index (χ0n) is 18.9. The monoisotopic (exact) mass is 497 g/mol. The number of halogens is 1. The van der Waals surface area contributed by atoms with Crippen LogP contribution in [0.3, 0.4) is 0 Å². The summed E-state index contributed by atoms with van der Waals surface area (Å²) in [4.78, 5) is 15.3. The molecule has 1 aliphatic carbocycles. The van der Waals surface area contributed by atoms with Gasteiger partial charge in [0, 0.05) is 43.7 Å². The second kappa shape index (κ2) is 9.30. The van der Waals surface area contributed by atoms with Gasteiger partial charge in [-0.25, -0.2) is 8.42 Å². The van der Waals surface area contributed by atoms with E-state index in [-0.39, 0.29) is 16.7 Å². The lowest BCUT2D eigenvalue weighted by Crippen LogP contribution is -2.52. The minimum Gasteiger partial charge on any atom is -0.340 e. The predicted molar refractivity (Wildman–Crippen MR) is 134 cm³/mol. The number of carbonyl (C=O) groups is 1. The highest BCUT2D eigenvalue weighted by Crippen LogP contribution is 2.29. The summed E-state index contributed by atoms with van der Waals surface area (Å²) in [7, 11) is -3.63. The third-order valence-corrected chi connectivity index (χ3v) is 9.18. The minimum absolute atomic E-state index is 0.0494. The van der Waals surface area contributed by atoms with Crippen molar-refractivity contribution in [1.29, 1.82) is 0 Å². The highest BCUT2D eigenvalue weighted by atomic mass is 35.5. The number of aryl methyl sites for hydroxylation is 1. The number of benzene rings is 3. The Bertz CT molecular complexity index is 1350. The molecule has 0 bridgehead atoms. The molecule has 0 saturated carbocycles. The van der Waals surface area contributed by atoms with Gasteiger partial charge in [0.2, 0.25) is 15.9 Å². The summed E-state index contributed by atoms with van der Waals surface area (Å²) in [5.74, 6) is 0.0832. The van der Waals surface area contributed by atoms with Crippen molar-refractivity contribution in [3.8, 4) is 0 Å². The maximum absolute atomic E-state index is 13.3. The summed E-state index contributed by atoms with van der Waals surface area (Å²) in [6.45, 7) is 1.95. The quantitative estimate of drug-likeness (QED) is 0.597. The molecule has 1 fully saturated rings. The lowest BCUT2D eigenvalue weighted by molar-refractivity contribution is -0.137. The van der Waals surface area contributed by atoms with Crippen LogP contribution in [0.5, 0.6) is 0 Å². The Morgan fingerprint density at radius 3 is 2.44 bits per heavy atom. The van der Waals surface area contributed by atoms with Gasteiger partial charge >= 0.3 is 0 Å². The Hall–Kier alpha value is -2.45. The first-order chi connectivity index (χ1) is 16.3. The second-order valence-electron chi connectivity index (χ2n) is 9.13. The Kier molecular flexibility index (Phi) is 6.37. The minimum atomic E-state index is -3.63. The van der Waals surface area contributed by atoms with Crippen LogP contribution in [-0.2, 0) is 34.2 Å². The molecule has 0 radical (unpaired) electrons. The molecule has 178 valence electrons. The average Bonchev–Trinajstić information content (AvgIpc) is 2.87. The number of fused-ring (bicyclic) bond motifs is 2. The third-order valence-electron chi connectivity index (χ3n) is 7.05. The first-order valence-electron chi connectivity index (χ1n) is 11.6. The Balaban J connectivity index is 1.24. The van der Waals surface area contributed by atoms with E-state index in [1.54, 1.807) is 24.3 Å². The molecular formula is C26H28ClN3O3S. The largest absolute Gasteiger partial charge is 0.340 e. The number of hydrogen-bond donors (Lipinski definition) is 1. The van der Waals surface area contributed by atoms with E-state index in [0.29, 0.717) is 37.7 Å². The van der Waals surface area contributed by atoms with Crippen molar-refractivity contribution in [2.45, 2.75) is 30.7 Å². The SMILES string of the molecule is NCc1ccc2c(c1)CC[C@H](C(=O)N1CCN(S(=O)(=O)c3ccc4cc(Cl)ccc4c3)CC1)C2. The fraction of sp³-hybridized carbons (Fsp3) is 0.346. The lowest BCUT2D eigenvalue weighted by Gasteiger charge is -2.36. The molecule has 34 heavy (non-hydrogen) atoms. The number of piperazine rings is 1. The van der Waals surface area contributed by atoms with Gasteiger partial charge in [-0.15, -0.1) is 0 Å². The van der Waals surface area contributed by atoms with Gasteiger partial charge in [-0.3, -0.25) is 4.79 Å². The van der Waals surface area contributed by atoms with Crippen molar-refractivity contribution in [3.05, 3.63) is 76.3 Å². The van der Waals surface area contributed by atoms with E-state index in [1.807, 2.05) is 23.1 Å². The van der Waals surface area contributed by atoms with Crippen molar-refractivity contribution in [1.82, 2.24) is 9.21 Å². The van der Waals surface area contributed by atoms with Crippen LogP contribution in [0.2, 0.25) is 5.02 Å². The van der Waals surface area contributed by atoms with Gasteiger partial charge in [-0.2, -0.15) is 4.31 Å². The van der Waals surface area contributed by atoms with Crippen LogP contribution in [-0.4, -0.2) is 49.7 Å². The average molecular weight is 498 g/mol. The van der Waals surface area contributed by atoms with Gasteiger partial charge in [0.25, 0.3) is 0 Å². The van der Waals surface area contributed by atoms with Crippen molar-refractivity contribution >= 4 is 38.3 Å². The maximum Gasteiger partial charge on any atom is 0.243 e. The van der Waals surface area contributed by atoms with Crippen LogP contribution in [0.1, 0.15) is 23.1 Å². The van der Waals surface area contributed by atoms with Crippen LogP contribution in [0.4, 0.5) is 0 Å². The summed E-state index contributed by atoms with van der Waals surface area (Å²) in [6, 6.07) is 16.8. The number of hydrogen-bond acceptors (Lipinski definition) is 4. The van der Waals surface area contributed by atoms with Gasteiger partial charge in [-0.1, -0.05) is 41.9 Å². The molecule has 0 spiro atoms. The summed E-state index contributed by atoms with van der Waals surface area (Å²) in [6.07, 6.45) is 2.43. The topological polar surface area (TPSA) is 83.7 Å². The fourth-order valence-corrected chi connectivity index (χ4v) is 6.70. The Labute approximate surface area is 205 Å². The van der Waals surface area contributed by atoms with Crippen molar-refractivity contribution in [3.63, 3.8) is 0 Å².